The molecule has 0 aliphatic heterocycles. The summed E-state index contributed by atoms with van der Waals surface area (Å²) in [5.74, 6) is -0.877. The van der Waals surface area contributed by atoms with Crippen LogP contribution in [0.4, 0.5) is 0 Å². The van der Waals surface area contributed by atoms with Crippen LogP contribution in [-0.4, -0.2) is 37.2 Å². The molecular formula is C63H114O6. The molecule has 0 spiro atoms. The summed E-state index contributed by atoms with van der Waals surface area (Å²) in [6.07, 6.45) is 71.6. The number of hydrogen-bond donors (Lipinski definition) is 0. The van der Waals surface area contributed by atoms with Crippen LogP contribution in [0.25, 0.3) is 0 Å². The summed E-state index contributed by atoms with van der Waals surface area (Å²) >= 11 is 0. The molecule has 0 heterocycles. The van der Waals surface area contributed by atoms with Gasteiger partial charge in [-0.05, 0) is 83.5 Å². The highest BCUT2D eigenvalue weighted by Gasteiger charge is 2.19. The van der Waals surface area contributed by atoms with E-state index >= 15 is 0 Å². The van der Waals surface area contributed by atoms with Crippen molar-refractivity contribution in [2.45, 2.75) is 322 Å². The summed E-state index contributed by atoms with van der Waals surface area (Å²) < 4.78 is 16.7. The maximum atomic E-state index is 12.8. The molecular weight excluding hydrogens is 853 g/mol. The number of carbonyl (C=O) groups excluding carboxylic acids is 3. The van der Waals surface area contributed by atoms with E-state index in [1.54, 1.807) is 0 Å². The number of rotatable bonds is 55. The van der Waals surface area contributed by atoms with Crippen molar-refractivity contribution < 1.29 is 28.6 Å². The second-order valence-corrected chi connectivity index (χ2v) is 20.3. The summed E-state index contributed by atoms with van der Waals surface area (Å²) in [7, 11) is 0. The van der Waals surface area contributed by atoms with E-state index in [-0.39, 0.29) is 31.1 Å². The van der Waals surface area contributed by atoms with Crippen molar-refractivity contribution in [3.63, 3.8) is 0 Å². The quantitative estimate of drug-likeness (QED) is 0.0262. The zero-order chi connectivity index (χ0) is 50.0. The zero-order valence-electron chi connectivity index (χ0n) is 46.1. The molecule has 0 N–H and O–H groups in total. The first-order chi connectivity index (χ1) is 34.0. The average Bonchev–Trinajstić information content (AvgIpc) is 3.35. The molecule has 0 aromatic heterocycles. The van der Waals surface area contributed by atoms with Crippen molar-refractivity contribution in [3.05, 3.63) is 48.6 Å². The van der Waals surface area contributed by atoms with E-state index in [1.165, 1.54) is 199 Å². The fraction of sp³-hybridized carbons (Fsp3) is 0.825. The van der Waals surface area contributed by atoms with Gasteiger partial charge in [0.05, 0.1) is 0 Å². The van der Waals surface area contributed by atoms with E-state index < -0.39 is 6.10 Å². The Labute approximate surface area is 428 Å². The van der Waals surface area contributed by atoms with Gasteiger partial charge in [0, 0.05) is 19.3 Å². The molecule has 0 aliphatic carbocycles. The van der Waals surface area contributed by atoms with Crippen molar-refractivity contribution in [3.8, 4) is 0 Å². The molecule has 0 aromatic rings. The highest BCUT2D eigenvalue weighted by Crippen LogP contribution is 2.16. The van der Waals surface area contributed by atoms with E-state index in [4.69, 9.17) is 14.2 Å². The highest BCUT2D eigenvalue weighted by molar-refractivity contribution is 5.71. The topological polar surface area (TPSA) is 78.9 Å². The average molecular weight is 968 g/mol. The van der Waals surface area contributed by atoms with Crippen molar-refractivity contribution in [1.82, 2.24) is 0 Å². The van der Waals surface area contributed by atoms with E-state index in [1.807, 2.05) is 0 Å². The molecule has 402 valence electrons. The Morgan fingerprint density at radius 1 is 0.290 bits per heavy atom. The van der Waals surface area contributed by atoms with E-state index in [9.17, 15) is 14.4 Å². The summed E-state index contributed by atoms with van der Waals surface area (Å²) in [5, 5.41) is 0. The Morgan fingerprint density at radius 3 is 0.826 bits per heavy atom. The normalized spacial score (nSPS) is 12.3. The molecule has 0 bridgehead atoms. The molecule has 0 aromatic carbocycles. The molecule has 0 saturated heterocycles. The lowest BCUT2D eigenvalue weighted by Gasteiger charge is -2.18. The lowest BCUT2D eigenvalue weighted by molar-refractivity contribution is -0.167. The molecule has 0 amide bonds. The van der Waals surface area contributed by atoms with Gasteiger partial charge in [-0.3, -0.25) is 14.4 Å². The van der Waals surface area contributed by atoms with Crippen LogP contribution >= 0.6 is 0 Å². The lowest BCUT2D eigenvalue weighted by atomic mass is 10.0. The molecule has 0 aliphatic rings. The van der Waals surface area contributed by atoms with Crippen LogP contribution in [0.15, 0.2) is 48.6 Å². The molecule has 0 fully saturated rings. The molecule has 1 unspecified atom stereocenters. The predicted molar refractivity (Wildman–Crippen MR) is 298 cm³/mol. The summed E-state index contributed by atoms with van der Waals surface area (Å²) in [6, 6.07) is 0. The van der Waals surface area contributed by atoms with Gasteiger partial charge >= 0.3 is 17.9 Å². The minimum Gasteiger partial charge on any atom is -0.462 e. The van der Waals surface area contributed by atoms with Crippen LogP contribution in [0.5, 0.6) is 0 Å². The second kappa shape index (κ2) is 57.9. The number of esters is 3. The summed E-state index contributed by atoms with van der Waals surface area (Å²) in [5.41, 5.74) is 0. The summed E-state index contributed by atoms with van der Waals surface area (Å²) in [4.78, 5) is 37.8. The van der Waals surface area contributed by atoms with Crippen LogP contribution in [0, 0.1) is 0 Å². The zero-order valence-corrected chi connectivity index (χ0v) is 46.1. The van der Waals surface area contributed by atoms with Gasteiger partial charge in [-0.2, -0.15) is 0 Å². The monoisotopic (exact) mass is 967 g/mol. The Bertz CT molecular complexity index is 1200. The van der Waals surface area contributed by atoms with Gasteiger partial charge in [0.2, 0.25) is 0 Å². The van der Waals surface area contributed by atoms with Crippen LogP contribution in [0.2, 0.25) is 0 Å². The third-order valence-corrected chi connectivity index (χ3v) is 13.3. The van der Waals surface area contributed by atoms with E-state index in [2.05, 4.69) is 69.4 Å². The number of carbonyl (C=O) groups is 3. The van der Waals surface area contributed by atoms with Gasteiger partial charge in [0.15, 0.2) is 6.10 Å². The van der Waals surface area contributed by atoms with Gasteiger partial charge < -0.3 is 14.2 Å². The van der Waals surface area contributed by atoms with E-state index in [0.717, 1.165) is 77.0 Å². The minimum absolute atomic E-state index is 0.0729. The van der Waals surface area contributed by atoms with Crippen LogP contribution in [-0.2, 0) is 28.6 Å². The van der Waals surface area contributed by atoms with Gasteiger partial charge in [0.1, 0.15) is 13.2 Å². The maximum absolute atomic E-state index is 12.8. The molecule has 0 rings (SSSR count). The number of ether oxygens (including phenoxy) is 3. The predicted octanol–water partition coefficient (Wildman–Crippen LogP) is 20.2. The standard InChI is InChI=1S/C63H114O6/c1-4-7-10-13-15-17-19-21-23-25-27-28-29-30-31-32-33-34-36-37-39-41-43-45-47-50-53-56-62(65)68-59-60(58-67-61(64)55-52-49-12-9-6-3)69-63(66)57-54-51-48-46-44-42-40-38-35-26-24-22-20-18-16-14-11-8-5-2/h19,21-22,24-25,27,29-30,60H,4-18,20,23,26,28,31-59H2,1-3H3/b21-19-,24-22-,27-25-,30-29-. The second-order valence-electron chi connectivity index (χ2n) is 20.3. The van der Waals surface area contributed by atoms with Gasteiger partial charge in [0.25, 0.3) is 0 Å². The number of unbranched alkanes of at least 4 members (excludes halogenated alkanes) is 36. The van der Waals surface area contributed by atoms with Crippen LogP contribution < -0.4 is 0 Å². The van der Waals surface area contributed by atoms with Crippen LogP contribution in [0.3, 0.4) is 0 Å². The van der Waals surface area contributed by atoms with Crippen LogP contribution in [0.1, 0.15) is 316 Å². The largest absolute Gasteiger partial charge is 0.462 e. The van der Waals surface area contributed by atoms with Gasteiger partial charge in [-0.25, -0.2) is 0 Å². The first kappa shape index (κ1) is 66.4. The van der Waals surface area contributed by atoms with Gasteiger partial charge in [-0.15, -0.1) is 0 Å². The smallest absolute Gasteiger partial charge is 0.306 e. The molecule has 6 nitrogen and oxygen atoms in total. The lowest BCUT2D eigenvalue weighted by Crippen LogP contribution is -2.30. The van der Waals surface area contributed by atoms with Gasteiger partial charge in [-0.1, -0.05) is 262 Å². The fourth-order valence-corrected chi connectivity index (χ4v) is 8.74. The number of allylic oxidation sites excluding steroid dienone is 8. The maximum Gasteiger partial charge on any atom is 0.306 e. The Kier molecular flexibility index (Phi) is 55.7. The highest BCUT2D eigenvalue weighted by atomic mass is 16.6. The first-order valence-electron chi connectivity index (χ1n) is 30.1. The Hall–Kier alpha value is -2.63. The molecule has 0 radical (unpaired) electrons. The summed E-state index contributed by atoms with van der Waals surface area (Å²) in [6.45, 7) is 6.57. The van der Waals surface area contributed by atoms with E-state index in [0.29, 0.717) is 19.3 Å². The molecule has 69 heavy (non-hydrogen) atoms. The fourth-order valence-electron chi connectivity index (χ4n) is 8.74. The molecule has 6 heteroatoms. The number of hydrogen-bond acceptors (Lipinski definition) is 6. The van der Waals surface area contributed by atoms with Crippen molar-refractivity contribution >= 4 is 17.9 Å². The van der Waals surface area contributed by atoms with Crippen molar-refractivity contribution in [2.24, 2.45) is 0 Å². The third-order valence-electron chi connectivity index (χ3n) is 13.3. The van der Waals surface area contributed by atoms with Crippen molar-refractivity contribution in [2.75, 3.05) is 13.2 Å². The van der Waals surface area contributed by atoms with Crippen molar-refractivity contribution in [1.29, 1.82) is 0 Å². The Balaban J connectivity index is 4.04. The minimum atomic E-state index is -0.770. The first-order valence-corrected chi connectivity index (χ1v) is 30.1. The SMILES string of the molecule is CCCCCCC/C=C\C/C=C\C/C=C\CCCCCCCCCCCCCCC(=O)OCC(COC(=O)CCCCCCC)OC(=O)CCCCCCCCCCC/C=C\CCCCCCCC. The molecule has 0 saturated carbocycles. The Morgan fingerprint density at radius 2 is 0.522 bits per heavy atom. The third kappa shape index (κ3) is 56.2. The molecule has 1 atom stereocenters.